The van der Waals surface area contributed by atoms with Crippen LogP contribution >= 0.6 is 0 Å². The fourth-order valence-corrected chi connectivity index (χ4v) is 6.10. The second-order valence-electron chi connectivity index (χ2n) is 10.6. The summed E-state index contributed by atoms with van der Waals surface area (Å²) in [4.78, 5) is 29.4. The van der Waals surface area contributed by atoms with E-state index in [-0.39, 0.29) is 6.09 Å². The Labute approximate surface area is 163 Å². The maximum Gasteiger partial charge on any atom is 0.410 e. The SMILES string of the molecule is CC(C)(C)OC(=O)N1CCC(CC(=O)N2CC3C[C@@H]4CC2C[C@H](C3)C4)CC1. The van der Waals surface area contributed by atoms with Crippen molar-refractivity contribution in [1.82, 2.24) is 9.80 Å². The number of likely N-dealkylation sites (tertiary alicyclic amines) is 1. The smallest absolute Gasteiger partial charge is 0.410 e. The highest BCUT2D eigenvalue weighted by Gasteiger charge is 2.44. The molecule has 3 heterocycles. The molecule has 3 saturated heterocycles. The molecule has 0 N–H and O–H groups in total. The van der Waals surface area contributed by atoms with Crippen LogP contribution in [0.2, 0.25) is 0 Å². The molecule has 5 aliphatic rings. The fourth-order valence-electron chi connectivity index (χ4n) is 6.10. The number of fused-ring (bicyclic) bond motifs is 1. The van der Waals surface area contributed by atoms with Crippen LogP contribution in [0.1, 0.15) is 72.1 Å². The highest BCUT2D eigenvalue weighted by Crippen LogP contribution is 2.47. The fraction of sp³-hybridized carbons (Fsp3) is 0.909. The molecule has 2 amide bonds. The summed E-state index contributed by atoms with van der Waals surface area (Å²) in [6, 6.07) is 0.510. The number of hydrogen-bond donors (Lipinski definition) is 0. The van der Waals surface area contributed by atoms with Gasteiger partial charge in [-0.25, -0.2) is 4.79 Å². The van der Waals surface area contributed by atoms with Gasteiger partial charge in [-0.1, -0.05) is 0 Å². The van der Waals surface area contributed by atoms with Gasteiger partial charge in [-0.15, -0.1) is 0 Å². The van der Waals surface area contributed by atoms with Gasteiger partial charge >= 0.3 is 6.09 Å². The molecule has 4 atom stereocenters. The molecule has 152 valence electrons. The second kappa shape index (κ2) is 7.29. The Bertz CT molecular complexity index is 563. The lowest BCUT2D eigenvalue weighted by Gasteiger charge is -2.39. The molecule has 0 aromatic rings. The zero-order valence-corrected chi connectivity index (χ0v) is 17.3. The molecule has 0 spiro atoms. The van der Waals surface area contributed by atoms with Gasteiger partial charge < -0.3 is 14.5 Å². The van der Waals surface area contributed by atoms with Crippen LogP contribution in [0.3, 0.4) is 0 Å². The van der Waals surface area contributed by atoms with E-state index in [2.05, 4.69) is 4.90 Å². The summed E-state index contributed by atoms with van der Waals surface area (Å²) >= 11 is 0. The third-order valence-corrected chi connectivity index (χ3v) is 7.16. The van der Waals surface area contributed by atoms with Crippen LogP contribution < -0.4 is 0 Å². The highest BCUT2D eigenvalue weighted by molar-refractivity contribution is 5.77. The molecule has 4 bridgehead atoms. The van der Waals surface area contributed by atoms with E-state index >= 15 is 0 Å². The lowest BCUT2D eigenvalue weighted by atomic mass is 9.68. The number of hydrogen-bond acceptors (Lipinski definition) is 3. The van der Waals surface area contributed by atoms with Crippen LogP contribution in [0.4, 0.5) is 4.79 Å². The molecule has 5 rings (SSSR count). The average molecular weight is 377 g/mol. The molecule has 5 fully saturated rings. The number of amides is 2. The first-order chi connectivity index (χ1) is 12.8. The maximum absolute atomic E-state index is 13.1. The Morgan fingerprint density at radius 2 is 1.52 bits per heavy atom. The van der Waals surface area contributed by atoms with Crippen molar-refractivity contribution < 1.29 is 14.3 Å². The van der Waals surface area contributed by atoms with E-state index in [9.17, 15) is 9.59 Å². The first-order valence-electron chi connectivity index (χ1n) is 11.0. The van der Waals surface area contributed by atoms with E-state index in [1.807, 2.05) is 20.8 Å². The van der Waals surface area contributed by atoms with Crippen LogP contribution in [0, 0.1) is 23.7 Å². The molecule has 0 radical (unpaired) electrons. The van der Waals surface area contributed by atoms with Crippen LogP contribution in [-0.4, -0.2) is 53.1 Å². The quantitative estimate of drug-likeness (QED) is 0.730. The molecule has 2 unspecified atom stereocenters. The number of carbonyl (C=O) groups is 2. The Hall–Kier alpha value is -1.26. The number of ether oxygens (including phenoxy) is 1. The number of carbonyl (C=O) groups excluding carboxylic acids is 2. The second-order valence-corrected chi connectivity index (χ2v) is 10.6. The summed E-state index contributed by atoms with van der Waals surface area (Å²) in [7, 11) is 0. The molecule has 2 aliphatic carbocycles. The van der Waals surface area contributed by atoms with E-state index in [4.69, 9.17) is 4.74 Å². The van der Waals surface area contributed by atoms with E-state index in [1.54, 1.807) is 4.90 Å². The van der Waals surface area contributed by atoms with Gasteiger partial charge in [0.2, 0.25) is 5.91 Å². The molecule has 0 aromatic carbocycles. The normalized spacial score (nSPS) is 33.9. The van der Waals surface area contributed by atoms with Crippen LogP contribution in [0.25, 0.3) is 0 Å². The Balaban J connectivity index is 1.28. The summed E-state index contributed by atoms with van der Waals surface area (Å²) in [5.41, 5.74) is -0.449. The number of piperidine rings is 1. The standard InChI is InChI=1S/C22H36N2O3/c1-22(2,3)27-21(26)23-6-4-15(5-7-23)13-20(25)24-14-18-9-16-8-17(10-18)12-19(24)11-16/h15-19H,4-14H2,1-3H3/t16-,17+,18?,19?. The summed E-state index contributed by atoms with van der Waals surface area (Å²) in [5, 5.41) is 0. The van der Waals surface area contributed by atoms with Crippen molar-refractivity contribution in [2.75, 3.05) is 19.6 Å². The maximum atomic E-state index is 13.1. The van der Waals surface area contributed by atoms with E-state index in [0.717, 1.165) is 37.1 Å². The molecule has 2 saturated carbocycles. The molecule has 3 aliphatic heterocycles. The van der Waals surface area contributed by atoms with Crippen molar-refractivity contribution in [3.63, 3.8) is 0 Å². The number of nitrogens with zero attached hydrogens (tertiary/aromatic N) is 2. The largest absolute Gasteiger partial charge is 0.444 e. The van der Waals surface area contributed by atoms with Crippen LogP contribution in [0.5, 0.6) is 0 Å². The van der Waals surface area contributed by atoms with Crippen molar-refractivity contribution in [1.29, 1.82) is 0 Å². The molecule has 0 aromatic heterocycles. The molecular formula is C22H36N2O3. The average Bonchev–Trinajstić information content (AvgIpc) is 2.77. The lowest BCUT2D eigenvalue weighted by Crippen LogP contribution is -2.45. The van der Waals surface area contributed by atoms with Crippen molar-refractivity contribution >= 4 is 12.0 Å². The molecular weight excluding hydrogens is 340 g/mol. The van der Waals surface area contributed by atoms with E-state index in [0.29, 0.717) is 37.4 Å². The molecule has 5 nitrogen and oxygen atoms in total. The van der Waals surface area contributed by atoms with Crippen molar-refractivity contribution in [2.45, 2.75) is 83.8 Å². The van der Waals surface area contributed by atoms with Gasteiger partial charge in [0.25, 0.3) is 0 Å². The Morgan fingerprint density at radius 3 is 2.11 bits per heavy atom. The van der Waals surface area contributed by atoms with E-state index < -0.39 is 5.60 Å². The lowest BCUT2D eigenvalue weighted by molar-refractivity contribution is -0.135. The van der Waals surface area contributed by atoms with Gasteiger partial charge in [0.1, 0.15) is 5.60 Å². The molecule has 27 heavy (non-hydrogen) atoms. The summed E-state index contributed by atoms with van der Waals surface area (Å²) in [5.74, 6) is 3.29. The number of rotatable bonds is 2. The highest BCUT2D eigenvalue weighted by atomic mass is 16.6. The van der Waals surface area contributed by atoms with Gasteiger partial charge in [-0.2, -0.15) is 0 Å². The monoisotopic (exact) mass is 376 g/mol. The van der Waals surface area contributed by atoms with Crippen LogP contribution in [0.15, 0.2) is 0 Å². The summed E-state index contributed by atoms with van der Waals surface area (Å²) in [6.07, 6.45) is 8.89. The summed E-state index contributed by atoms with van der Waals surface area (Å²) < 4.78 is 5.48. The first kappa shape index (κ1) is 19.1. The van der Waals surface area contributed by atoms with Gasteiger partial charge in [0.05, 0.1) is 0 Å². The minimum Gasteiger partial charge on any atom is -0.444 e. The Kier molecular flexibility index (Phi) is 5.15. The topological polar surface area (TPSA) is 49.9 Å². The van der Waals surface area contributed by atoms with Gasteiger partial charge in [0.15, 0.2) is 0 Å². The van der Waals surface area contributed by atoms with Gasteiger partial charge in [-0.05, 0) is 89.4 Å². The molecule has 5 heteroatoms. The predicted octanol–water partition coefficient (Wildman–Crippen LogP) is 4.06. The minimum atomic E-state index is -0.449. The van der Waals surface area contributed by atoms with Gasteiger partial charge in [-0.3, -0.25) is 4.79 Å². The van der Waals surface area contributed by atoms with Crippen molar-refractivity contribution in [2.24, 2.45) is 23.7 Å². The zero-order chi connectivity index (χ0) is 19.2. The van der Waals surface area contributed by atoms with Crippen LogP contribution in [-0.2, 0) is 9.53 Å². The van der Waals surface area contributed by atoms with E-state index in [1.165, 1.54) is 32.1 Å². The third kappa shape index (κ3) is 4.43. The predicted molar refractivity (Wildman–Crippen MR) is 104 cm³/mol. The zero-order valence-electron chi connectivity index (χ0n) is 17.3. The summed E-state index contributed by atoms with van der Waals surface area (Å²) in [6.45, 7) is 8.13. The Morgan fingerprint density at radius 1 is 0.926 bits per heavy atom. The van der Waals surface area contributed by atoms with Crippen molar-refractivity contribution in [3.8, 4) is 0 Å². The first-order valence-corrected chi connectivity index (χ1v) is 11.0. The third-order valence-electron chi connectivity index (χ3n) is 7.16. The van der Waals surface area contributed by atoms with Gasteiger partial charge in [0, 0.05) is 32.1 Å². The van der Waals surface area contributed by atoms with Crippen molar-refractivity contribution in [3.05, 3.63) is 0 Å². The minimum absolute atomic E-state index is 0.215.